The van der Waals surface area contributed by atoms with Crippen molar-refractivity contribution in [2.45, 2.75) is 33.3 Å². The van der Waals surface area contributed by atoms with Crippen molar-refractivity contribution in [1.82, 2.24) is 4.98 Å². The lowest BCUT2D eigenvalue weighted by Gasteiger charge is -2.24. The predicted octanol–water partition coefficient (Wildman–Crippen LogP) is 2.42. The molecule has 0 saturated carbocycles. The highest BCUT2D eigenvalue weighted by Gasteiger charge is 2.34. The molecule has 0 aliphatic heterocycles. The summed E-state index contributed by atoms with van der Waals surface area (Å²) in [6.45, 7) is 5.53. The first-order valence-electron chi connectivity index (χ1n) is 4.55. The van der Waals surface area contributed by atoms with E-state index in [9.17, 15) is 5.11 Å². The summed E-state index contributed by atoms with van der Waals surface area (Å²) in [6, 6.07) is 2.15. The quantitative estimate of drug-likeness (QED) is 0.833. The van der Waals surface area contributed by atoms with Gasteiger partial charge in [-0.05, 0) is 20.3 Å². The number of nitriles is 1. The van der Waals surface area contributed by atoms with Gasteiger partial charge in [-0.1, -0.05) is 6.92 Å². The zero-order valence-corrected chi connectivity index (χ0v) is 9.43. The van der Waals surface area contributed by atoms with Gasteiger partial charge >= 0.3 is 0 Å². The summed E-state index contributed by atoms with van der Waals surface area (Å²) in [5.74, 6) is 0. The average molecular weight is 210 g/mol. The molecule has 1 heterocycles. The van der Waals surface area contributed by atoms with Crippen LogP contribution in [0.3, 0.4) is 0 Å². The van der Waals surface area contributed by atoms with Crippen molar-refractivity contribution >= 4 is 11.3 Å². The Morgan fingerprint density at radius 3 is 2.79 bits per heavy atom. The van der Waals surface area contributed by atoms with Gasteiger partial charge in [-0.3, -0.25) is 0 Å². The van der Waals surface area contributed by atoms with Gasteiger partial charge in [0.1, 0.15) is 11.1 Å². The molecule has 0 aromatic carbocycles. The van der Waals surface area contributed by atoms with Crippen molar-refractivity contribution in [3.63, 3.8) is 0 Å². The van der Waals surface area contributed by atoms with E-state index < -0.39 is 11.5 Å². The van der Waals surface area contributed by atoms with Crippen molar-refractivity contribution in [3.8, 4) is 6.07 Å². The molecule has 1 N–H and O–H groups in total. The van der Waals surface area contributed by atoms with Crippen LogP contribution >= 0.6 is 11.3 Å². The highest BCUT2D eigenvalue weighted by Crippen LogP contribution is 2.37. The van der Waals surface area contributed by atoms with E-state index in [-0.39, 0.29) is 0 Å². The van der Waals surface area contributed by atoms with Gasteiger partial charge in [0.25, 0.3) is 0 Å². The molecule has 14 heavy (non-hydrogen) atoms. The van der Waals surface area contributed by atoms with Gasteiger partial charge in [0.15, 0.2) is 0 Å². The van der Waals surface area contributed by atoms with Crippen LogP contribution in [0.15, 0.2) is 5.38 Å². The molecular weight excluding hydrogens is 196 g/mol. The van der Waals surface area contributed by atoms with Crippen molar-refractivity contribution in [1.29, 1.82) is 5.26 Å². The molecule has 0 aliphatic carbocycles. The molecule has 3 nitrogen and oxygen atoms in total. The number of aryl methyl sites for hydroxylation is 1. The third-order valence-corrected chi connectivity index (χ3v) is 3.48. The third-order valence-electron chi connectivity index (χ3n) is 2.46. The molecule has 2 unspecified atom stereocenters. The van der Waals surface area contributed by atoms with E-state index in [0.29, 0.717) is 11.4 Å². The van der Waals surface area contributed by atoms with E-state index in [2.05, 4.69) is 11.1 Å². The zero-order valence-electron chi connectivity index (χ0n) is 8.61. The first-order valence-corrected chi connectivity index (χ1v) is 5.43. The van der Waals surface area contributed by atoms with Gasteiger partial charge in [-0.2, -0.15) is 5.26 Å². The molecule has 0 spiro atoms. The number of hydrogen-bond donors (Lipinski definition) is 1. The second-order valence-corrected chi connectivity index (χ2v) is 4.50. The molecule has 2 atom stereocenters. The Morgan fingerprint density at radius 2 is 2.43 bits per heavy atom. The summed E-state index contributed by atoms with van der Waals surface area (Å²) < 4.78 is 0. The lowest BCUT2D eigenvalue weighted by Crippen LogP contribution is -2.22. The van der Waals surface area contributed by atoms with Crippen LogP contribution in [0.2, 0.25) is 0 Å². The van der Waals surface area contributed by atoms with Crippen molar-refractivity contribution < 1.29 is 5.11 Å². The molecule has 0 radical (unpaired) electrons. The molecule has 4 heteroatoms. The highest BCUT2D eigenvalue weighted by molar-refractivity contribution is 7.09. The molecule has 76 valence electrons. The van der Waals surface area contributed by atoms with Crippen LogP contribution in [-0.4, -0.2) is 10.1 Å². The lowest BCUT2D eigenvalue weighted by atomic mass is 9.83. The number of aliphatic hydroxyl groups excluding tert-OH is 1. The number of rotatable bonds is 3. The fourth-order valence-corrected chi connectivity index (χ4v) is 2.03. The molecule has 0 saturated heterocycles. The lowest BCUT2D eigenvalue weighted by molar-refractivity contribution is 0.0719. The Labute approximate surface area is 88.0 Å². The summed E-state index contributed by atoms with van der Waals surface area (Å²) >= 11 is 1.40. The summed E-state index contributed by atoms with van der Waals surface area (Å²) in [7, 11) is 0. The van der Waals surface area contributed by atoms with Gasteiger partial charge < -0.3 is 5.11 Å². The molecule has 1 aromatic rings. The van der Waals surface area contributed by atoms with Crippen LogP contribution in [0.4, 0.5) is 0 Å². The summed E-state index contributed by atoms with van der Waals surface area (Å²) in [6.07, 6.45) is -0.167. The first kappa shape index (κ1) is 11.2. The van der Waals surface area contributed by atoms with Gasteiger partial charge in [0, 0.05) is 11.1 Å². The van der Waals surface area contributed by atoms with Crippen LogP contribution < -0.4 is 0 Å². The minimum Gasteiger partial charge on any atom is -0.384 e. The van der Waals surface area contributed by atoms with E-state index in [0.717, 1.165) is 5.69 Å². The number of nitrogens with zero attached hydrogens (tertiary/aromatic N) is 2. The normalized spacial score (nSPS) is 17.1. The molecule has 0 bridgehead atoms. The first-order chi connectivity index (χ1) is 6.53. The minimum atomic E-state index is -0.781. The Morgan fingerprint density at radius 1 is 1.79 bits per heavy atom. The van der Waals surface area contributed by atoms with Crippen molar-refractivity contribution in [2.75, 3.05) is 0 Å². The second-order valence-electron chi connectivity index (χ2n) is 3.61. The maximum atomic E-state index is 9.98. The minimum absolute atomic E-state index is 0.614. The largest absolute Gasteiger partial charge is 0.384 e. The summed E-state index contributed by atoms with van der Waals surface area (Å²) in [4.78, 5) is 4.19. The van der Waals surface area contributed by atoms with Crippen LogP contribution in [0.5, 0.6) is 0 Å². The van der Waals surface area contributed by atoms with Gasteiger partial charge in [-0.15, -0.1) is 11.3 Å². The van der Waals surface area contributed by atoms with Crippen LogP contribution in [0, 0.1) is 23.7 Å². The molecule has 0 aliphatic rings. The van der Waals surface area contributed by atoms with E-state index in [1.54, 1.807) is 6.92 Å². The maximum absolute atomic E-state index is 9.98. The van der Waals surface area contributed by atoms with Crippen molar-refractivity contribution in [2.24, 2.45) is 5.41 Å². The Bertz CT molecular complexity index is 355. The third kappa shape index (κ3) is 1.94. The Hall–Kier alpha value is -0.920. The van der Waals surface area contributed by atoms with Gasteiger partial charge in [0.2, 0.25) is 0 Å². The molecule has 0 amide bonds. The van der Waals surface area contributed by atoms with E-state index in [1.165, 1.54) is 11.3 Å². The second kappa shape index (κ2) is 4.07. The molecule has 1 rings (SSSR count). The van der Waals surface area contributed by atoms with E-state index in [4.69, 9.17) is 5.26 Å². The number of hydrogen-bond acceptors (Lipinski definition) is 4. The van der Waals surface area contributed by atoms with Gasteiger partial charge in [-0.25, -0.2) is 4.98 Å². The Balaban J connectivity index is 2.95. The topological polar surface area (TPSA) is 56.9 Å². The molecule has 0 fully saturated rings. The Kier molecular flexibility index (Phi) is 3.25. The van der Waals surface area contributed by atoms with Crippen LogP contribution in [-0.2, 0) is 0 Å². The molecular formula is C10H14N2OS. The van der Waals surface area contributed by atoms with Gasteiger partial charge in [0.05, 0.1) is 11.5 Å². The van der Waals surface area contributed by atoms with E-state index in [1.807, 2.05) is 19.2 Å². The van der Waals surface area contributed by atoms with Crippen LogP contribution in [0.25, 0.3) is 0 Å². The molecule has 1 aromatic heterocycles. The fraction of sp³-hybridized carbons (Fsp3) is 0.600. The maximum Gasteiger partial charge on any atom is 0.124 e. The monoisotopic (exact) mass is 210 g/mol. The summed E-state index contributed by atoms with van der Waals surface area (Å²) in [5.41, 5.74) is 0.157. The van der Waals surface area contributed by atoms with Crippen molar-refractivity contribution in [3.05, 3.63) is 16.1 Å². The standard InChI is InChI=1S/C10H14N2OS/c1-4-10(3,6-11)8(13)9-12-7(2)5-14-9/h5,8,13H,4H2,1-3H3. The summed E-state index contributed by atoms with van der Waals surface area (Å²) in [5, 5.41) is 21.5. The number of aliphatic hydroxyl groups is 1. The number of thiazole rings is 1. The highest BCUT2D eigenvalue weighted by atomic mass is 32.1. The number of aromatic nitrogens is 1. The average Bonchev–Trinajstić information content (AvgIpc) is 2.62. The van der Waals surface area contributed by atoms with Crippen LogP contribution in [0.1, 0.15) is 37.1 Å². The predicted molar refractivity (Wildman–Crippen MR) is 55.8 cm³/mol. The SMILES string of the molecule is CCC(C)(C#N)C(O)c1nc(C)cs1. The smallest absolute Gasteiger partial charge is 0.124 e. The zero-order chi connectivity index (χ0) is 10.8. The van der Waals surface area contributed by atoms with E-state index >= 15 is 0 Å². The fourth-order valence-electron chi connectivity index (χ4n) is 1.10.